The van der Waals surface area contributed by atoms with E-state index in [4.69, 9.17) is 8.85 Å². The molecule has 2 heterocycles. The molecule has 0 unspecified atom stereocenters. The third kappa shape index (κ3) is 16.5. The molecule has 0 aromatic heterocycles. The Balaban J connectivity index is 0.000000334. The molecule has 2 fully saturated rings. The van der Waals surface area contributed by atoms with Crippen LogP contribution < -0.4 is 10.6 Å². The Morgan fingerprint density at radius 2 is 0.478 bits per heavy atom. The van der Waals surface area contributed by atoms with Gasteiger partial charge in [0.1, 0.15) is 11.2 Å². The van der Waals surface area contributed by atoms with Gasteiger partial charge in [-0.3, -0.25) is 0 Å². The molecule has 6 rings (SSSR count). The van der Waals surface area contributed by atoms with Crippen LogP contribution in [0.4, 0.5) is 123 Å². The predicted molar refractivity (Wildman–Crippen MR) is 285 cm³/mol. The van der Waals surface area contributed by atoms with Gasteiger partial charge in [-0.05, 0) is 143 Å². The quantitative estimate of drug-likeness (QED) is 0.0975. The molecular weight excluding hydrogens is 1340 g/mol. The van der Waals surface area contributed by atoms with Gasteiger partial charge < -0.3 is 19.5 Å². The van der Waals surface area contributed by atoms with E-state index in [0.717, 1.165) is 0 Å². The Labute approximate surface area is 511 Å². The Morgan fingerprint density at radius 1 is 0.326 bits per heavy atom. The topological polar surface area (TPSA) is 42.5 Å². The summed E-state index contributed by atoms with van der Waals surface area (Å²) in [6, 6.07) is -4.63. The Bertz CT molecular complexity index is 2780. The summed E-state index contributed by atoms with van der Waals surface area (Å²) in [6.45, 7) is 16.2. The smallest absolute Gasteiger partial charge is 0.402 e. The largest absolute Gasteiger partial charge is 0.416 e. The Kier molecular flexibility index (Phi) is 20.9. The maximum absolute atomic E-state index is 14.8. The molecule has 2 N–H and O–H groups in total. The van der Waals surface area contributed by atoms with Crippen molar-refractivity contribution < 1.29 is 132 Å². The van der Waals surface area contributed by atoms with Gasteiger partial charge in [0.15, 0.2) is 16.6 Å². The van der Waals surface area contributed by atoms with E-state index in [-0.39, 0.29) is 84.6 Å². The highest BCUT2D eigenvalue weighted by Gasteiger charge is 2.61. The first-order chi connectivity index (χ1) is 40.7. The van der Waals surface area contributed by atoms with Crippen LogP contribution in [0.1, 0.15) is 135 Å². The SMILES string of the molecule is CC(C)C(C)(C)[Si](C)(C)OC(c1cc(C(F)(F)F)cc(C(F)(F)F)c1)(c1cc(C(F)(F)F)cc(C(F)(F)F)c1)[C@@H]1CC(F)(F)CN1.CC(C)C(C)(C)[Si](C)(C)OC(c1cc(C(F)(F)F)cc(C(F)(F)F)c1)(c1cc(C(F)(F)F)cc(C(F)(F)F)c1)[C@@H]1CC(F)(F)CN1. The van der Waals surface area contributed by atoms with Crippen molar-refractivity contribution in [2.75, 3.05) is 13.1 Å². The summed E-state index contributed by atoms with van der Waals surface area (Å²) in [5, 5.41) is 2.44. The fourth-order valence-electron chi connectivity index (χ4n) is 10.7. The molecule has 4 aromatic rings. The molecule has 0 bridgehead atoms. The molecular formula is C58H62F28N2O2Si2. The first-order valence-corrected chi connectivity index (χ1v) is 33.3. The van der Waals surface area contributed by atoms with Crippen LogP contribution in [0.3, 0.4) is 0 Å². The lowest BCUT2D eigenvalue weighted by molar-refractivity contribution is -0.145. The van der Waals surface area contributed by atoms with Gasteiger partial charge >= 0.3 is 49.4 Å². The first kappa shape index (κ1) is 77.9. The molecule has 2 saturated heterocycles. The first-order valence-electron chi connectivity index (χ1n) is 27.5. The third-order valence-corrected chi connectivity index (χ3v) is 27.1. The maximum atomic E-state index is 14.8. The normalized spacial score (nSPS) is 18.8. The monoisotopic (exact) mass is 1410 g/mol. The summed E-state index contributed by atoms with van der Waals surface area (Å²) >= 11 is 0. The van der Waals surface area contributed by atoms with Crippen molar-refractivity contribution >= 4 is 16.6 Å². The van der Waals surface area contributed by atoms with E-state index in [2.05, 4.69) is 10.6 Å². The standard InChI is InChI=1S/2C29H31F14NOSi/c2*1-15(2)23(3,4)46(5,6)45-25(22-13-24(30,31)14-44-22,16-7-18(26(32,33)34)11-19(8-16)27(35,36)37)17-9-20(28(38,39)40)12-21(10-17)29(41,42)43/h2*7-12,15,22,44H,13-14H2,1-6H3/t2*22-/m00/s1. The van der Waals surface area contributed by atoms with Gasteiger partial charge in [0.05, 0.1) is 57.6 Å². The van der Waals surface area contributed by atoms with Crippen molar-refractivity contribution in [1.29, 1.82) is 0 Å². The highest BCUT2D eigenvalue weighted by Crippen LogP contribution is 2.57. The average molecular weight is 1410 g/mol. The second-order valence-corrected chi connectivity index (χ2v) is 34.6. The van der Waals surface area contributed by atoms with E-state index < -0.39 is 204 Å². The van der Waals surface area contributed by atoms with Gasteiger partial charge in [-0.15, -0.1) is 0 Å². The van der Waals surface area contributed by atoms with Crippen LogP contribution in [-0.4, -0.2) is 53.7 Å². The molecule has 0 radical (unpaired) electrons. The second-order valence-electron chi connectivity index (χ2n) is 25.6. The van der Waals surface area contributed by atoms with Crippen LogP contribution in [0.25, 0.3) is 0 Å². The minimum atomic E-state index is -5.51. The Hall–Kier alpha value is -4.81. The van der Waals surface area contributed by atoms with Crippen LogP contribution in [0, 0.1) is 11.8 Å². The predicted octanol–water partition coefficient (Wildman–Crippen LogP) is 21.3. The molecule has 520 valence electrons. The fraction of sp³-hybridized carbons (Fsp3) is 0.586. The zero-order valence-corrected chi connectivity index (χ0v) is 52.5. The molecule has 0 amide bonds. The van der Waals surface area contributed by atoms with Crippen LogP contribution >= 0.6 is 0 Å². The lowest BCUT2D eigenvalue weighted by Gasteiger charge is -2.51. The molecule has 0 saturated carbocycles. The summed E-state index contributed by atoms with van der Waals surface area (Å²) in [5.74, 6) is -8.18. The van der Waals surface area contributed by atoms with Crippen LogP contribution in [0.5, 0.6) is 0 Å². The molecule has 92 heavy (non-hydrogen) atoms. The molecule has 0 aliphatic carbocycles. The van der Waals surface area contributed by atoms with Crippen molar-refractivity contribution in [3.63, 3.8) is 0 Å². The van der Waals surface area contributed by atoms with Gasteiger partial charge in [0.25, 0.3) is 11.8 Å². The molecule has 4 nitrogen and oxygen atoms in total. The number of hydrogen-bond donors (Lipinski definition) is 2. The number of hydrogen-bond acceptors (Lipinski definition) is 4. The van der Waals surface area contributed by atoms with Crippen LogP contribution in [0.15, 0.2) is 72.8 Å². The van der Waals surface area contributed by atoms with E-state index in [1.807, 2.05) is 0 Å². The van der Waals surface area contributed by atoms with Crippen molar-refractivity contribution in [2.24, 2.45) is 11.8 Å². The van der Waals surface area contributed by atoms with E-state index in [1.165, 1.54) is 26.2 Å². The van der Waals surface area contributed by atoms with Crippen molar-refractivity contribution in [2.45, 2.75) is 189 Å². The van der Waals surface area contributed by atoms with Crippen molar-refractivity contribution in [1.82, 2.24) is 10.6 Å². The van der Waals surface area contributed by atoms with Gasteiger partial charge in [0, 0.05) is 24.9 Å². The van der Waals surface area contributed by atoms with E-state index in [1.54, 1.807) is 55.4 Å². The average Bonchev–Trinajstić information content (AvgIpc) is 1.14. The highest BCUT2D eigenvalue weighted by atomic mass is 28.4. The number of halogens is 28. The number of benzene rings is 4. The molecule has 2 aliphatic rings. The summed E-state index contributed by atoms with van der Waals surface area (Å²) in [7, 11) is -7.54. The van der Waals surface area contributed by atoms with Crippen LogP contribution in [-0.2, 0) is 69.5 Å². The van der Waals surface area contributed by atoms with Gasteiger partial charge in [0.2, 0.25) is 0 Å². The number of rotatable bonds is 14. The Morgan fingerprint density at radius 3 is 0.598 bits per heavy atom. The molecule has 0 spiro atoms. The summed E-state index contributed by atoms with van der Waals surface area (Å²) in [6.07, 6.45) is -46.9. The van der Waals surface area contributed by atoms with Crippen molar-refractivity contribution in [3.8, 4) is 0 Å². The zero-order chi connectivity index (χ0) is 71.4. The molecule has 34 heteroatoms. The van der Waals surface area contributed by atoms with Crippen molar-refractivity contribution in [3.05, 3.63) is 140 Å². The minimum absolute atomic E-state index is 0.0910. The van der Waals surface area contributed by atoms with Gasteiger partial charge in [-0.1, -0.05) is 55.4 Å². The molecule has 2 aliphatic heterocycles. The van der Waals surface area contributed by atoms with E-state index in [9.17, 15) is 123 Å². The van der Waals surface area contributed by atoms with Gasteiger partial charge in [-0.2, -0.15) is 105 Å². The maximum Gasteiger partial charge on any atom is 0.416 e. The van der Waals surface area contributed by atoms with Gasteiger partial charge in [-0.25, -0.2) is 17.6 Å². The lowest BCUT2D eigenvalue weighted by atomic mass is 9.77. The highest BCUT2D eigenvalue weighted by molar-refractivity contribution is 6.74. The van der Waals surface area contributed by atoms with Crippen LogP contribution in [0.2, 0.25) is 36.3 Å². The number of alkyl halides is 28. The molecule has 4 aromatic carbocycles. The molecule has 2 atom stereocenters. The zero-order valence-electron chi connectivity index (χ0n) is 50.5. The number of nitrogens with one attached hydrogen (secondary N) is 2. The third-order valence-electron chi connectivity index (χ3n) is 18.1. The van der Waals surface area contributed by atoms with E-state index in [0.29, 0.717) is 0 Å². The minimum Gasteiger partial charge on any atom is -0.402 e. The summed E-state index contributed by atoms with van der Waals surface area (Å²) in [5.41, 5.74) is -26.9. The second kappa shape index (κ2) is 24.7. The summed E-state index contributed by atoms with van der Waals surface area (Å²) < 4.78 is 410. The lowest BCUT2D eigenvalue weighted by Crippen LogP contribution is -2.58. The summed E-state index contributed by atoms with van der Waals surface area (Å²) in [4.78, 5) is 0. The fourth-order valence-corrected chi connectivity index (χ4v) is 16.3. The van der Waals surface area contributed by atoms with E-state index >= 15 is 0 Å².